The maximum atomic E-state index is 11.7. The second kappa shape index (κ2) is 6.16. The predicted molar refractivity (Wildman–Crippen MR) is 69.7 cm³/mol. The van der Waals surface area contributed by atoms with E-state index in [4.69, 9.17) is 10.5 Å². The summed E-state index contributed by atoms with van der Waals surface area (Å²) >= 11 is 0. The van der Waals surface area contributed by atoms with Crippen molar-refractivity contribution in [1.29, 1.82) is 0 Å². The third-order valence-corrected chi connectivity index (χ3v) is 5.80. The Morgan fingerprint density at radius 1 is 1.24 bits per heavy atom. The molecule has 0 radical (unpaired) electrons. The SMILES string of the molecule is CC(C)S(=O)(=O)CCOC1(CN)CCCCC1. The Morgan fingerprint density at radius 3 is 2.29 bits per heavy atom. The first-order chi connectivity index (χ1) is 7.92. The van der Waals surface area contributed by atoms with Crippen LogP contribution in [-0.4, -0.2) is 38.2 Å². The number of hydrogen-bond acceptors (Lipinski definition) is 4. The van der Waals surface area contributed by atoms with Crippen LogP contribution in [0.3, 0.4) is 0 Å². The summed E-state index contributed by atoms with van der Waals surface area (Å²) in [5.74, 6) is 0.104. The molecule has 1 fully saturated rings. The van der Waals surface area contributed by atoms with Gasteiger partial charge in [0.05, 0.1) is 23.2 Å². The van der Waals surface area contributed by atoms with Crippen LogP contribution in [0.4, 0.5) is 0 Å². The Hall–Kier alpha value is -0.130. The lowest BCUT2D eigenvalue weighted by Crippen LogP contribution is -2.43. The number of rotatable bonds is 6. The minimum atomic E-state index is -3.00. The highest BCUT2D eigenvalue weighted by molar-refractivity contribution is 7.91. The predicted octanol–water partition coefficient (Wildman–Crippen LogP) is 1.49. The van der Waals surface area contributed by atoms with Gasteiger partial charge in [0.2, 0.25) is 0 Å². The van der Waals surface area contributed by atoms with Crippen molar-refractivity contribution in [3.63, 3.8) is 0 Å². The molecule has 0 saturated heterocycles. The van der Waals surface area contributed by atoms with Gasteiger partial charge in [0.25, 0.3) is 0 Å². The van der Waals surface area contributed by atoms with Gasteiger partial charge in [-0.25, -0.2) is 8.42 Å². The van der Waals surface area contributed by atoms with Crippen LogP contribution >= 0.6 is 0 Å². The molecule has 1 aliphatic rings. The molecule has 0 spiro atoms. The standard InChI is InChI=1S/C12H25NO3S/c1-11(2)17(14,15)9-8-16-12(10-13)6-4-3-5-7-12/h11H,3-10,13H2,1-2H3. The van der Waals surface area contributed by atoms with Crippen molar-refractivity contribution in [3.8, 4) is 0 Å². The van der Waals surface area contributed by atoms with Gasteiger partial charge < -0.3 is 10.5 Å². The quantitative estimate of drug-likeness (QED) is 0.788. The maximum absolute atomic E-state index is 11.7. The molecule has 102 valence electrons. The molecule has 4 nitrogen and oxygen atoms in total. The molecular formula is C12H25NO3S. The maximum Gasteiger partial charge on any atom is 0.154 e. The van der Waals surface area contributed by atoms with Gasteiger partial charge in [-0.05, 0) is 26.7 Å². The highest BCUT2D eigenvalue weighted by Crippen LogP contribution is 2.30. The Kier molecular flexibility index (Phi) is 5.41. The van der Waals surface area contributed by atoms with E-state index in [1.54, 1.807) is 13.8 Å². The summed E-state index contributed by atoms with van der Waals surface area (Å²) in [6, 6.07) is 0. The van der Waals surface area contributed by atoms with E-state index < -0.39 is 9.84 Å². The lowest BCUT2D eigenvalue weighted by atomic mass is 9.85. The van der Waals surface area contributed by atoms with Crippen LogP contribution in [0.25, 0.3) is 0 Å². The Morgan fingerprint density at radius 2 is 1.82 bits per heavy atom. The van der Waals surface area contributed by atoms with Gasteiger partial charge in [0, 0.05) is 6.54 Å². The topological polar surface area (TPSA) is 69.4 Å². The minimum absolute atomic E-state index is 0.104. The van der Waals surface area contributed by atoms with Gasteiger partial charge in [-0.3, -0.25) is 0 Å². The second-order valence-corrected chi connectivity index (χ2v) is 7.89. The highest BCUT2D eigenvalue weighted by Gasteiger charge is 2.31. The van der Waals surface area contributed by atoms with E-state index in [-0.39, 0.29) is 23.2 Å². The van der Waals surface area contributed by atoms with E-state index >= 15 is 0 Å². The Labute approximate surface area is 105 Å². The fourth-order valence-corrected chi connectivity index (χ4v) is 3.00. The molecule has 0 aromatic heterocycles. The lowest BCUT2D eigenvalue weighted by molar-refractivity contribution is -0.0563. The summed E-state index contributed by atoms with van der Waals surface area (Å²) in [6.45, 7) is 4.18. The van der Waals surface area contributed by atoms with E-state index in [1.807, 2.05) is 0 Å². The molecule has 2 N–H and O–H groups in total. The first-order valence-corrected chi connectivity index (χ1v) is 8.19. The number of ether oxygens (including phenoxy) is 1. The third kappa shape index (κ3) is 4.23. The molecule has 0 amide bonds. The fraction of sp³-hybridized carbons (Fsp3) is 1.00. The fourth-order valence-electron chi connectivity index (χ4n) is 2.21. The number of nitrogens with two attached hydrogens (primary N) is 1. The zero-order chi connectivity index (χ0) is 12.9. The molecule has 17 heavy (non-hydrogen) atoms. The van der Waals surface area contributed by atoms with E-state index in [0.717, 1.165) is 25.7 Å². The van der Waals surface area contributed by atoms with Gasteiger partial charge in [-0.2, -0.15) is 0 Å². The molecular weight excluding hydrogens is 238 g/mol. The van der Waals surface area contributed by atoms with Gasteiger partial charge in [0.1, 0.15) is 0 Å². The van der Waals surface area contributed by atoms with Crippen LogP contribution in [-0.2, 0) is 14.6 Å². The van der Waals surface area contributed by atoms with Gasteiger partial charge in [-0.15, -0.1) is 0 Å². The van der Waals surface area contributed by atoms with Gasteiger partial charge >= 0.3 is 0 Å². The van der Waals surface area contributed by atoms with Crippen molar-refractivity contribution in [2.75, 3.05) is 18.9 Å². The van der Waals surface area contributed by atoms with Crippen LogP contribution in [0.1, 0.15) is 46.0 Å². The number of hydrogen-bond donors (Lipinski definition) is 1. The summed E-state index contributed by atoms with van der Waals surface area (Å²) in [4.78, 5) is 0. The van der Waals surface area contributed by atoms with Crippen molar-refractivity contribution in [1.82, 2.24) is 0 Å². The summed E-state index contributed by atoms with van der Waals surface area (Å²) in [5.41, 5.74) is 5.51. The van der Waals surface area contributed by atoms with Gasteiger partial charge in [-0.1, -0.05) is 19.3 Å². The van der Waals surface area contributed by atoms with Crippen molar-refractivity contribution in [2.24, 2.45) is 5.73 Å². The molecule has 1 rings (SSSR count). The molecule has 0 aromatic carbocycles. The smallest absolute Gasteiger partial charge is 0.154 e. The first kappa shape index (κ1) is 14.9. The van der Waals surface area contributed by atoms with Crippen LogP contribution in [0.2, 0.25) is 0 Å². The molecule has 0 bridgehead atoms. The molecule has 0 atom stereocenters. The van der Waals surface area contributed by atoms with Crippen LogP contribution in [0.15, 0.2) is 0 Å². The Bertz CT molecular complexity index is 319. The summed E-state index contributed by atoms with van der Waals surface area (Å²) in [5, 5.41) is -0.328. The summed E-state index contributed by atoms with van der Waals surface area (Å²) in [7, 11) is -3.00. The zero-order valence-electron chi connectivity index (χ0n) is 10.9. The molecule has 5 heteroatoms. The van der Waals surface area contributed by atoms with E-state index in [9.17, 15) is 8.42 Å². The largest absolute Gasteiger partial charge is 0.373 e. The summed E-state index contributed by atoms with van der Waals surface area (Å²) in [6.07, 6.45) is 5.42. The Balaban J connectivity index is 2.43. The van der Waals surface area contributed by atoms with Crippen LogP contribution in [0, 0.1) is 0 Å². The molecule has 0 aromatic rings. The first-order valence-electron chi connectivity index (χ1n) is 6.47. The summed E-state index contributed by atoms with van der Waals surface area (Å²) < 4.78 is 29.1. The van der Waals surface area contributed by atoms with Crippen LogP contribution in [0.5, 0.6) is 0 Å². The van der Waals surface area contributed by atoms with E-state index in [1.165, 1.54) is 6.42 Å². The molecule has 0 aliphatic heterocycles. The van der Waals surface area contributed by atoms with E-state index in [2.05, 4.69) is 0 Å². The van der Waals surface area contributed by atoms with Crippen molar-refractivity contribution >= 4 is 9.84 Å². The molecule has 0 unspecified atom stereocenters. The minimum Gasteiger partial charge on any atom is -0.373 e. The average molecular weight is 263 g/mol. The highest BCUT2D eigenvalue weighted by atomic mass is 32.2. The number of sulfone groups is 1. The average Bonchev–Trinajstić information content (AvgIpc) is 2.30. The molecule has 1 aliphatic carbocycles. The molecule has 0 heterocycles. The van der Waals surface area contributed by atoms with Crippen LogP contribution < -0.4 is 5.73 Å². The second-order valence-electron chi connectivity index (χ2n) is 5.21. The lowest BCUT2D eigenvalue weighted by Gasteiger charge is -2.36. The van der Waals surface area contributed by atoms with Gasteiger partial charge in [0.15, 0.2) is 9.84 Å². The normalized spacial score (nSPS) is 20.7. The van der Waals surface area contributed by atoms with E-state index in [0.29, 0.717) is 6.54 Å². The molecule has 1 saturated carbocycles. The zero-order valence-corrected chi connectivity index (χ0v) is 11.8. The third-order valence-electron chi connectivity index (χ3n) is 3.63. The monoisotopic (exact) mass is 263 g/mol. The van der Waals surface area contributed by atoms with Crippen molar-refractivity contribution in [2.45, 2.75) is 56.8 Å². The van der Waals surface area contributed by atoms with Crippen molar-refractivity contribution in [3.05, 3.63) is 0 Å². The van der Waals surface area contributed by atoms with Crippen molar-refractivity contribution < 1.29 is 13.2 Å².